The second kappa shape index (κ2) is 6.08. The zero-order valence-corrected chi connectivity index (χ0v) is 13.2. The van der Waals surface area contributed by atoms with Crippen LogP contribution in [-0.2, 0) is 12.0 Å². The zero-order valence-electron chi connectivity index (χ0n) is 13.2. The number of halogens is 1. The number of nitrogens with zero attached hydrogens (tertiary/aromatic N) is 2. The van der Waals surface area contributed by atoms with E-state index >= 15 is 0 Å². The van der Waals surface area contributed by atoms with E-state index in [1.54, 1.807) is 38.4 Å². The lowest BCUT2D eigenvalue weighted by Gasteiger charge is -2.16. The van der Waals surface area contributed by atoms with Crippen LogP contribution >= 0.6 is 0 Å². The lowest BCUT2D eigenvalue weighted by atomic mass is 9.97. The van der Waals surface area contributed by atoms with Crippen LogP contribution in [0.4, 0.5) is 4.39 Å². The minimum Gasteiger partial charge on any atom is -0.448 e. The first-order valence-corrected chi connectivity index (χ1v) is 7.59. The summed E-state index contributed by atoms with van der Waals surface area (Å²) in [5.74, 6) is 0.640. The van der Waals surface area contributed by atoms with E-state index in [-0.39, 0.29) is 11.7 Å². The van der Waals surface area contributed by atoms with E-state index in [0.29, 0.717) is 30.1 Å². The van der Waals surface area contributed by atoms with Gasteiger partial charge in [0.25, 0.3) is 0 Å². The molecule has 1 aliphatic carbocycles. The van der Waals surface area contributed by atoms with Gasteiger partial charge >= 0.3 is 0 Å². The second-order valence-corrected chi connectivity index (χ2v) is 6.27. The summed E-state index contributed by atoms with van der Waals surface area (Å²) >= 11 is 0. The van der Waals surface area contributed by atoms with Gasteiger partial charge in [0.15, 0.2) is 5.89 Å². The Kier molecular flexibility index (Phi) is 4.13. The molecule has 2 aromatic heterocycles. The summed E-state index contributed by atoms with van der Waals surface area (Å²) in [6, 6.07) is 3.64. The van der Waals surface area contributed by atoms with Crippen molar-refractivity contribution in [1.29, 1.82) is 0 Å². The standard InChI is InChI=1S/C18H19FN2O2/c1-18(2,22)16-8-5-13(10-20-16)15-11-23-17(21-15)9-12-3-6-14(19)7-4-12/h3,5-8,10-12,22H,4,9H2,1-2H3. The molecule has 1 unspecified atom stereocenters. The average molecular weight is 314 g/mol. The number of aliphatic hydroxyl groups is 1. The van der Waals surface area contributed by atoms with Crippen LogP contribution in [0.3, 0.4) is 0 Å². The van der Waals surface area contributed by atoms with Crippen molar-refractivity contribution in [2.75, 3.05) is 0 Å². The highest BCUT2D eigenvalue weighted by atomic mass is 19.1. The van der Waals surface area contributed by atoms with Crippen LogP contribution in [-0.4, -0.2) is 15.1 Å². The minimum atomic E-state index is -0.969. The Bertz CT molecular complexity index is 739. The molecule has 0 aliphatic heterocycles. The molecule has 0 fully saturated rings. The highest BCUT2D eigenvalue weighted by Gasteiger charge is 2.18. The van der Waals surface area contributed by atoms with Crippen LogP contribution in [0.1, 0.15) is 31.9 Å². The molecule has 0 amide bonds. The summed E-state index contributed by atoms with van der Waals surface area (Å²) < 4.78 is 18.5. The molecule has 0 radical (unpaired) electrons. The van der Waals surface area contributed by atoms with Gasteiger partial charge in [0.2, 0.25) is 0 Å². The molecule has 3 rings (SSSR count). The van der Waals surface area contributed by atoms with Gasteiger partial charge in [0, 0.05) is 18.2 Å². The molecule has 0 saturated heterocycles. The molecule has 120 valence electrons. The smallest absolute Gasteiger partial charge is 0.195 e. The second-order valence-electron chi connectivity index (χ2n) is 6.27. The molecule has 5 heteroatoms. The molecule has 2 heterocycles. The molecular weight excluding hydrogens is 295 g/mol. The third-order valence-electron chi connectivity index (χ3n) is 3.82. The van der Waals surface area contributed by atoms with Gasteiger partial charge in [0.05, 0.1) is 5.69 Å². The first-order valence-electron chi connectivity index (χ1n) is 7.59. The fourth-order valence-corrected chi connectivity index (χ4v) is 2.46. The lowest BCUT2D eigenvalue weighted by Crippen LogP contribution is -2.17. The van der Waals surface area contributed by atoms with E-state index in [1.165, 1.54) is 6.08 Å². The molecule has 1 N–H and O–H groups in total. The topological polar surface area (TPSA) is 59.2 Å². The number of hydrogen-bond donors (Lipinski definition) is 1. The van der Waals surface area contributed by atoms with Crippen LogP contribution in [0.25, 0.3) is 11.3 Å². The van der Waals surface area contributed by atoms with Crippen molar-refractivity contribution in [2.24, 2.45) is 5.92 Å². The van der Waals surface area contributed by atoms with Gasteiger partial charge in [-0.3, -0.25) is 4.98 Å². The fraction of sp³-hybridized carbons (Fsp3) is 0.333. The van der Waals surface area contributed by atoms with Gasteiger partial charge in [-0.2, -0.15) is 0 Å². The van der Waals surface area contributed by atoms with Crippen LogP contribution < -0.4 is 0 Å². The summed E-state index contributed by atoms with van der Waals surface area (Å²) in [7, 11) is 0. The Balaban J connectivity index is 1.71. The largest absolute Gasteiger partial charge is 0.448 e. The van der Waals surface area contributed by atoms with Crippen molar-refractivity contribution in [1.82, 2.24) is 9.97 Å². The summed E-state index contributed by atoms with van der Waals surface area (Å²) in [5.41, 5.74) is 1.17. The Morgan fingerprint density at radius 2 is 2.22 bits per heavy atom. The Hall–Kier alpha value is -2.27. The van der Waals surface area contributed by atoms with Crippen molar-refractivity contribution >= 4 is 0 Å². The maximum Gasteiger partial charge on any atom is 0.195 e. The van der Waals surface area contributed by atoms with E-state index in [0.717, 1.165) is 5.56 Å². The molecule has 0 aromatic carbocycles. The Morgan fingerprint density at radius 3 is 2.83 bits per heavy atom. The van der Waals surface area contributed by atoms with Crippen LogP contribution in [0.5, 0.6) is 0 Å². The summed E-state index contributed by atoms with van der Waals surface area (Å²) in [4.78, 5) is 8.74. The van der Waals surface area contributed by atoms with Gasteiger partial charge in [-0.25, -0.2) is 9.37 Å². The average Bonchev–Trinajstić information content (AvgIpc) is 2.97. The highest BCUT2D eigenvalue weighted by molar-refractivity contribution is 5.56. The van der Waals surface area contributed by atoms with Crippen LogP contribution in [0.2, 0.25) is 0 Å². The molecule has 4 nitrogen and oxygen atoms in total. The maximum atomic E-state index is 12.9. The lowest BCUT2D eigenvalue weighted by molar-refractivity contribution is 0.0739. The van der Waals surface area contributed by atoms with Crippen molar-refractivity contribution < 1.29 is 13.9 Å². The molecule has 0 bridgehead atoms. The Morgan fingerprint density at radius 1 is 1.39 bits per heavy atom. The van der Waals surface area contributed by atoms with Crippen molar-refractivity contribution in [3.8, 4) is 11.3 Å². The van der Waals surface area contributed by atoms with E-state index < -0.39 is 5.60 Å². The van der Waals surface area contributed by atoms with E-state index in [9.17, 15) is 9.50 Å². The molecule has 0 saturated carbocycles. The number of hydrogen-bond acceptors (Lipinski definition) is 4. The monoisotopic (exact) mass is 314 g/mol. The van der Waals surface area contributed by atoms with Crippen LogP contribution in [0, 0.1) is 5.92 Å². The molecule has 1 aliphatic rings. The predicted octanol–water partition coefficient (Wildman–Crippen LogP) is 3.94. The normalized spacial score (nSPS) is 18.1. The SMILES string of the molecule is CC(C)(O)c1ccc(-c2coc(CC3C=CC(F)=CC3)n2)cn1. The van der Waals surface area contributed by atoms with E-state index in [1.807, 2.05) is 12.1 Å². The number of pyridine rings is 1. The third-order valence-corrected chi connectivity index (χ3v) is 3.82. The van der Waals surface area contributed by atoms with Gasteiger partial charge in [-0.05, 0) is 50.5 Å². The quantitative estimate of drug-likeness (QED) is 0.928. The van der Waals surface area contributed by atoms with Gasteiger partial charge in [0.1, 0.15) is 23.4 Å². The first kappa shape index (κ1) is 15.6. The minimum absolute atomic E-state index is 0.188. The fourth-order valence-electron chi connectivity index (χ4n) is 2.46. The van der Waals surface area contributed by atoms with Crippen molar-refractivity contribution in [2.45, 2.75) is 32.3 Å². The third kappa shape index (κ3) is 3.74. The number of rotatable bonds is 4. The first-order chi connectivity index (χ1) is 10.9. The van der Waals surface area contributed by atoms with E-state index in [4.69, 9.17) is 4.42 Å². The number of aromatic nitrogens is 2. The predicted molar refractivity (Wildman–Crippen MR) is 85.1 cm³/mol. The Labute approximate surface area is 134 Å². The van der Waals surface area contributed by atoms with Crippen molar-refractivity contribution in [3.63, 3.8) is 0 Å². The van der Waals surface area contributed by atoms with E-state index in [2.05, 4.69) is 9.97 Å². The van der Waals surface area contributed by atoms with Gasteiger partial charge in [-0.15, -0.1) is 0 Å². The molecule has 1 atom stereocenters. The molecule has 23 heavy (non-hydrogen) atoms. The zero-order chi connectivity index (χ0) is 16.4. The summed E-state index contributed by atoms with van der Waals surface area (Å²) in [5, 5.41) is 9.92. The van der Waals surface area contributed by atoms with Gasteiger partial charge < -0.3 is 9.52 Å². The molecule has 0 spiro atoms. The highest BCUT2D eigenvalue weighted by Crippen LogP contribution is 2.25. The summed E-state index contributed by atoms with van der Waals surface area (Å²) in [6.45, 7) is 3.39. The maximum absolute atomic E-state index is 12.9. The number of allylic oxidation sites excluding steroid dienone is 4. The van der Waals surface area contributed by atoms with Crippen molar-refractivity contribution in [3.05, 3.63) is 60.2 Å². The molecule has 2 aromatic rings. The number of oxazole rings is 1. The van der Waals surface area contributed by atoms with Gasteiger partial charge in [-0.1, -0.05) is 6.08 Å². The summed E-state index contributed by atoms with van der Waals surface area (Å²) in [6.07, 6.45) is 9.47. The van der Waals surface area contributed by atoms with Crippen LogP contribution in [0.15, 0.2) is 53.1 Å². The molecular formula is C18H19FN2O2.